The van der Waals surface area contributed by atoms with E-state index in [1.165, 1.54) is 0 Å². The molecule has 0 saturated heterocycles. The zero-order chi connectivity index (χ0) is 12.1. The number of rotatable bonds is 5. The maximum atomic E-state index is 5.62. The minimum absolute atomic E-state index is 0.0856. The Hall–Kier alpha value is 0.0300. The molecule has 0 radical (unpaired) electrons. The van der Waals surface area contributed by atoms with E-state index in [9.17, 15) is 0 Å². The molecule has 0 aliphatic rings. The van der Waals surface area contributed by atoms with E-state index in [-0.39, 0.29) is 6.04 Å². The molecule has 2 atom stereocenters. The van der Waals surface area contributed by atoms with Crippen molar-refractivity contribution in [1.29, 1.82) is 0 Å². The van der Waals surface area contributed by atoms with Gasteiger partial charge in [-0.25, -0.2) is 0 Å². The van der Waals surface area contributed by atoms with Gasteiger partial charge in [0.15, 0.2) is 0 Å². The molecule has 16 heavy (non-hydrogen) atoms. The van der Waals surface area contributed by atoms with Gasteiger partial charge in [0, 0.05) is 15.1 Å². The maximum Gasteiger partial charge on any atom is 0.0731 e. The first kappa shape index (κ1) is 14.1. The molecule has 0 amide bonds. The van der Waals surface area contributed by atoms with Crippen LogP contribution in [0, 0.1) is 5.92 Å². The fourth-order valence-corrected chi connectivity index (χ4v) is 3.02. The van der Waals surface area contributed by atoms with Crippen molar-refractivity contribution in [1.82, 2.24) is 10.4 Å². The lowest BCUT2D eigenvalue weighted by Crippen LogP contribution is -2.33. The Morgan fingerprint density at radius 3 is 2.69 bits per heavy atom. The molecule has 3 nitrogen and oxygen atoms in total. The van der Waals surface area contributed by atoms with Gasteiger partial charge in [-0.05, 0) is 50.3 Å². The summed E-state index contributed by atoms with van der Waals surface area (Å²) >= 11 is 6.91. The van der Waals surface area contributed by atoms with Crippen LogP contribution in [-0.2, 0) is 0 Å². The van der Waals surface area contributed by atoms with Crippen molar-refractivity contribution in [2.45, 2.75) is 32.7 Å². The normalized spacial score (nSPS) is 14.8. The van der Waals surface area contributed by atoms with Crippen molar-refractivity contribution < 1.29 is 0 Å². The van der Waals surface area contributed by atoms with Gasteiger partial charge in [-0.15, -0.1) is 0 Å². The molecule has 2 unspecified atom stereocenters. The van der Waals surface area contributed by atoms with Gasteiger partial charge in [0.25, 0.3) is 0 Å². The van der Waals surface area contributed by atoms with Crippen molar-refractivity contribution in [2.75, 3.05) is 0 Å². The van der Waals surface area contributed by atoms with Gasteiger partial charge in [-0.1, -0.05) is 20.3 Å². The Morgan fingerprint density at radius 2 is 2.19 bits per heavy atom. The van der Waals surface area contributed by atoms with Crippen LogP contribution in [0.25, 0.3) is 0 Å². The van der Waals surface area contributed by atoms with Gasteiger partial charge < -0.3 is 0 Å². The van der Waals surface area contributed by atoms with Crippen LogP contribution in [0.1, 0.15) is 38.4 Å². The lowest BCUT2D eigenvalue weighted by molar-refractivity contribution is 0.360. The second-order valence-corrected chi connectivity index (χ2v) is 5.70. The van der Waals surface area contributed by atoms with E-state index in [4.69, 9.17) is 5.84 Å². The molecule has 0 spiro atoms. The first-order valence-electron chi connectivity index (χ1n) is 5.37. The molecular weight excluding hydrogens is 334 g/mol. The number of halogens is 2. The van der Waals surface area contributed by atoms with Gasteiger partial charge in [0.2, 0.25) is 0 Å². The molecular formula is C11H17Br2N3. The quantitative estimate of drug-likeness (QED) is 0.630. The second-order valence-electron chi connectivity index (χ2n) is 3.93. The van der Waals surface area contributed by atoms with Crippen LogP contribution in [0.3, 0.4) is 0 Å². The molecule has 1 rings (SSSR count). The highest BCUT2D eigenvalue weighted by molar-refractivity contribution is 9.11. The van der Waals surface area contributed by atoms with Crippen LogP contribution in [0.4, 0.5) is 0 Å². The predicted octanol–water partition coefficient (Wildman–Crippen LogP) is 3.55. The molecule has 0 fully saturated rings. The van der Waals surface area contributed by atoms with E-state index >= 15 is 0 Å². The second kappa shape index (κ2) is 6.69. The third-order valence-corrected chi connectivity index (χ3v) is 3.69. The number of hydrazine groups is 1. The summed E-state index contributed by atoms with van der Waals surface area (Å²) in [5.41, 5.74) is 3.82. The van der Waals surface area contributed by atoms with Crippen LogP contribution in [-0.4, -0.2) is 4.98 Å². The number of nitrogens with one attached hydrogen (secondary N) is 1. The van der Waals surface area contributed by atoms with Gasteiger partial charge >= 0.3 is 0 Å². The Bertz CT molecular complexity index is 344. The summed E-state index contributed by atoms with van der Waals surface area (Å²) in [6.45, 7) is 4.36. The summed E-state index contributed by atoms with van der Waals surface area (Å²) in [5.74, 6) is 6.08. The number of hydrogen-bond acceptors (Lipinski definition) is 3. The van der Waals surface area contributed by atoms with Gasteiger partial charge in [0.05, 0.1) is 11.7 Å². The number of nitrogens with two attached hydrogens (primary N) is 1. The topological polar surface area (TPSA) is 50.9 Å². The van der Waals surface area contributed by atoms with Gasteiger partial charge in [-0.3, -0.25) is 16.3 Å². The van der Waals surface area contributed by atoms with Crippen LogP contribution < -0.4 is 11.3 Å². The fraction of sp³-hybridized carbons (Fsp3) is 0.545. The summed E-state index contributed by atoms with van der Waals surface area (Å²) in [6, 6.07) is 2.08. The van der Waals surface area contributed by atoms with Gasteiger partial charge in [0.1, 0.15) is 0 Å². The molecule has 1 aromatic heterocycles. The summed E-state index contributed by atoms with van der Waals surface area (Å²) in [4.78, 5) is 4.42. The third kappa shape index (κ3) is 3.52. The number of hydrogen-bond donors (Lipinski definition) is 2. The molecule has 90 valence electrons. The lowest BCUT2D eigenvalue weighted by atomic mass is 9.94. The highest BCUT2D eigenvalue weighted by atomic mass is 79.9. The van der Waals surface area contributed by atoms with Crippen LogP contribution >= 0.6 is 31.9 Å². The Kier molecular flexibility index (Phi) is 5.89. The summed E-state index contributed by atoms with van der Waals surface area (Å²) in [5, 5.41) is 0. The molecule has 0 aromatic carbocycles. The molecule has 0 aliphatic carbocycles. The van der Waals surface area contributed by atoms with E-state index in [0.717, 1.165) is 27.5 Å². The highest BCUT2D eigenvalue weighted by Gasteiger charge is 2.20. The largest absolute Gasteiger partial charge is 0.271 e. The smallest absolute Gasteiger partial charge is 0.0731 e. The lowest BCUT2D eigenvalue weighted by Gasteiger charge is -2.23. The minimum atomic E-state index is 0.0856. The third-order valence-electron chi connectivity index (χ3n) is 2.62. The summed E-state index contributed by atoms with van der Waals surface area (Å²) < 4.78 is 1.94. The molecule has 5 heteroatoms. The van der Waals surface area contributed by atoms with Gasteiger partial charge in [-0.2, -0.15) is 0 Å². The summed E-state index contributed by atoms with van der Waals surface area (Å²) in [6.07, 6.45) is 4.07. The highest BCUT2D eigenvalue weighted by Crippen LogP contribution is 2.30. The standard InChI is InChI=1S/C11H17Br2N3/c1-3-4-7(2)10(16-14)11-9(13)5-8(12)6-15-11/h5-7,10,16H,3-4,14H2,1-2H3. The molecule has 0 saturated carbocycles. The number of aromatic nitrogens is 1. The Balaban J connectivity index is 2.94. The first-order valence-corrected chi connectivity index (χ1v) is 6.95. The molecule has 1 aromatic rings. The van der Waals surface area contributed by atoms with Crippen molar-refractivity contribution in [3.05, 3.63) is 26.9 Å². The molecule has 3 N–H and O–H groups in total. The van der Waals surface area contributed by atoms with E-state index in [0.29, 0.717) is 5.92 Å². The van der Waals surface area contributed by atoms with E-state index in [1.807, 2.05) is 6.07 Å². The Morgan fingerprint density at radius 1 is 1.50 bits per heavy atom. The minimum Gasteiger partial charge on any atom is -0.271 e. The van der Waals surface area contributed by atoms with Crippen molar-refractivity contribution in [3.8, 4) is 0 Å². The molecule has 0 bridgehead atoms. The average Bonchev–Trinajstić information content (AvgIpc) is 2.22. The first-order chi connectivity index (χ1) is 7.60. The number of pyridine rings is 1. The Labute approximate surface area is 113 Å². The van der Waals surface area contributed by atoms with Crippen LogP contribution in [0.2, 0.25) is 0 Å². The fourth-order valence-electron chi connectivity index (χ4n) is 1.79. The molecule has 1 heterocycles. The monoisotopic (exact) mass is 349 g/mol. The summed E-state index contributed by atoms with van der Waals surface area (Å²) in [7, 11) is 0. The van der Waals surface area contributed by atoms with E-state index in [1.54, 1.807) is 6.20 Å². The van der Waals surface area contributed by atoms with E-state index < -0.39 is 0 Å². The van der Waals surface area contributed by atoms with E-state index in [2.05, 4.69) is 56.1 Å². The zero-order valence-corrected chi connectivity index (χ0v) is 12.7. The number of nitrogens with zero attached hydrogens (tertiary/aromatic N) is 1. The van der Waals surface area contributed by atoms with Crippen molar-refractivity contribution in [3.63, 3.8) is 0 Å². The van der Waals surface area contributed by atoms with Crippen LogP contribution in [0.5, 0.6) is 0 Å². The average molecular weight is 351 g/mol. The van der Waals surface area contributed by atoms with Crippen LogP contribution in [0.15, 0.2) is 21.2 Å². The SMILES string of the molecule is CCCC(C)C(NN)c1ncc(Br)cc1Br. The zero-order valence-electron chi connectivity index (χ0n) is 9.50. The van der Waals surface area contributed by atoms with Crippen molar-refractivity contribution in [2.24, 2.45) is 11.8 Å². The van der Waals surface area contributed by atoms with Crippen molar-refractivity contribution >= 4 is 31.9 Å². The molecule has 0 aliphatic heterocycles. The maximum absolute atomic E-state index is 5.62. The predicted molar refractivity (Wildman–Crippen MR) is 73.8 cm³/mol.